The number of carbonyl (C=O) groups excluding carboxylic acids is 3. The zero-order chi connectivity index (χ0) is 33.6. The van der Waals surface area contributed by atoms with E-state index in [0.717, 1.165) is 38.5 Å². The van der Waals surface area contributed by atoms with Gasteiger partial charge in [0.15, 0.2) is 17.3 Å². The molecule has 0 aliphatic carbocycles. The van der Waals surface area contributed by atoms with Crippen LogP contribution in [0, 0.1) is 0 Å². The van der Waals surface area contributed by atoms with Gasteiger partial charge in [0, 0.05) is 19.3 Å². The first kappa shape index (κ1) is 43.9. The predicted octanol–water partition coefficient (Wildman–Crippen LogP) is 9.91. The maximum atomic E-state index is 13.2. The van der Waals surface area contributed by atoms with Crippen LogP contribution in [-0.2, 0) is 14.4 Å². The summed E-state index contributed by atoms with van der Waals surface area (Å²) in [6, 6.07) is 0. The number of aliphatic hydroxyl groups excluding tert-OH is 2. The van der Waals surface area contributed by atoms with Crippen LogP contribution in [0.4, 0.5) is 0 Å². The molecular formula is C39H74O6. The van der Waals surface area contributed by atoms with Crippen molar-refractivity contribution >= 4 is 17.3 Å². The minimum Gasteiger partial charge on any atom is -0.386 e. The molecule has 0 radical (unpaired) electrons. The van der Waals surface area contributed by atoms with Gasteiger partial charge in [0.05, 0.1) is 0 Å². The average Bonchev–Trinajstić information content (AvgIpc) is 3.04. The van der Waals surface area contributed by atoms with Gasteiger partial charge in [-0.15, -0.1) is 0 Å². The Morgan fingerprint density at radius 3 is 0.956 bits per heavy atom. The minimum absolute atomic E-state index is 0.00834. The Kier molecular flexibility index (Phi) is 29.5. The van der Waals surface area contributed by atoms with E-state index in [0.29, 0.717) is 19.3 Å². The van der Waals surface area contributed by atoms with Crippen molar-refractivity contribution in [3.8, 4) is 0 Å². The summed E-state index contributed by atoms with van der Waals surface area (Å²) >= 11 is 0. The first-order valence-corrected chi connectivity index (χ1v) is 19.4. The fraction of sp³-hybridized carbons (Fsp3) is 0.923. The van der Waals surface area contributed by atoms with Crippen LogP contribution in [0.5, 0.6) is 0 Å². The van der Waals surface area contributed by atoms with E-state index in [1.54, 1.807) is 6.92 Å². The van der Waals surface area contributed by atoms with Crippen molar-refractivity contribution in [1.29, 1.82) is 0 Å². The molecule has 0 aliphatic rings. The van der Waals surface area contributed by atoms with Gasteiger partial charge in [-0.05, 0) is 19.3 Å². The molecule has 6 nitrogen and oxygen atoms in total. The number of ketones is 3. The van der Waals surface area contributed by atoms with Gasteiger partial charge >= 0.3 is 0 Å². The highest BCUT2D eigenvalue weighted by molar-refractivity contribution is 6.11. The summed E-state index contributed by atoms with van der Waals surface area (Å²) in [7, 11) is 0. The van der Waals surface area contributed by atoms with E-state index >= 15 is 0 Å². The second-order valence-corrected chi connectivity index (χ2v) is 13.7. The van der Waals surface area contributed by atoms with Gasteiger partial charge in [0.25, 0.3) is 0 Å². The van der Waals surface area contributed by atoms with Crippen molar-refractivity contribution in [2.75, 3.05) is 0 Å². The fourth-order valence-electron chi connectivity index (χ4n) is 6.27. The molecule has 0 aliphatic heterocycles. The summed E-state index contributed by atoms with van der Waals surface area (Å²) in [5.74, 6) is -2.21. The number of rotatable bonds is 35. The summed E-state index contributed by atoms with van der Waals surface area (Å²) in [5, 5.41) is 32.6. The quantitative estimate of drug-likeness (QED) is 0.0470. The van der Waals surface area contributed by atoms with Crippen molar-refractivity contribution in [2.24, 2.45) is 0 Å². The Labute approximate surface area is 277 Å². The van der Waals surface area contributed by atoms with Crippen molar-refractivity contribution in [3.05, 3.63) is 0 Å². The van der Waals surface area contributed by atoms with Gasteiger partial charge in [-0.3, -0.25) is 14.4 Å². The molecular weight excluding hydrogens is 564 g/mol. The van der Waals surface area contributed by atoms with Crippen LogP contribution in [0.1, 0.15) is 213 Å². The second kappa shape index (κ2) is 30.2. The van der Waals surface area contributed by atoms with Crippen LogP contribution in [0.25, 0.3) is 0 Å². The van der Waals surface area contributed by atoms with Crippen LogP contribution in [-0.4, -0.2) is 50.5 Å². The summed E-state index contributed by atoms with van der Waals surface area (Å²) in [6.45, 7) is 6.24. The van der Waals surface area contributed by atoms with E-state index in [2.05, 4.69) is 13.8 Å². The lowest BCUT2D eigenvalue weighted by Crippen LogP contribution is -2.61. The Bertz CT molecular complexity index is 678. The number of aliphatic hydroxyl groups is 3. The molecule has 0 aromatic heterocycles. The smallest absolute Gasteiger partial charge is 0.210 e. The molecule has 0 saturated heterocycles. The van der Waals surface area contributed by atoms with Crippen molar-refractivity contribution in [3.63, 3.8) is 0 Å². The van der Waals surface area contributed by atoms with Crippen molar-refractivity contribution in [2.45, 2.75) is 231 Å². The van der Waals surface area contributed by atoms with E-state index < -0.39 is 35.2 Å². The molecule has 3 N–H and O–H groups in total. The van der Waals surface area contributed by atoms with Crippen LogP contribution >= 0.6 is 0 Å². The van der Waals surface area contributed by atoms with Crippen LogP contribution in [0.15, 0.2) is 0 Å². The minimum atomic E-state index is -2.74. The van der Waals surface area contributed by atoms with Gasteiger partial charge in [0.2, 0.25) is 5.60 Å². The van der Waals surface area contributed by atoms with Crippen molar-refractivity contribution in [1.82, 2.24) is 0 Å². The Hall–Kier alpha value is -1.11. The molecule has 0 bridgehead atoms. The Morgan fingerprint density at radius 1 is 0.422 bits per heavy atom. The van der Waals surface area contributed by atoms with E-state index in [9.17, 15) is 29.7 Å². The molecule has 2 atom stereocenters. The monoisotopic (exact) mass is 639 g/mol. The van der Waals surface area contributed by atoms with E-state index in [4.69, 9.17) is 0 Å². The zero-order valence-corrected chi connectivity index (χ0v) is 29.9. The summed E-state index contributed by atoms with van der Waals surface area (Å²) in [5.41, 5.74) is -2.74. The van der Waals surface area contributed by atoms with Gasteiger partial charge < -0.3 is 15.3 Å². The number of Topliss-reactive ketones (excluding diaryl/α,β-unsaturated/α-hetero) is 3. The first-order chi connectivity index (χ1) is 21.8. The molecule has 0 fully saturated rings. The molecule has 266 valence electrons. The summed E-state index contributed by atoms with van der Waals surface area (Å²) < 4.78 is 0. The number of unbranched alkanes of at least 4 members (excludes halogenated alkanes) is 24. The fourth-order valence-corrected chi connectivity index (χ4v) is 6.27. The lowest BCUT2D eigenvalue weighted by atomic mass is 9.79. The van der Waals surface area contributed by atoms with Crippen LogP contribution in [0.3, 0.4) is 0 Å². The Morgan fingerprint density at radius 2 is 0.689 bits per heavy atom. The lowest BCUT2D eigenvalue weighted by Gasteiger charge is -2.32. The van der Waals surface area contributed by atoms with Crippen molar-refractivity contribution < 1.29 is 29.7 Å². The molecule has 0 saturated carbocycles. The third kappa shape index (κ3) is 21.4. The van der Waals surface area contributed by atoms with Crippen LogP contribution < -0.4 is 0 Å². The summed E-state index contributed by atoms with van der Waals surface area (Å²) in [6.07, 6.45) is 26.3. The SMILES string of the molecule is CCCCCCCCCCCCCCCC(=O)C(O)(C(=O)CCCCCCCCCCCCCCC)C(O)C(O)C(=O)CCC. The molecule has 0 amide bonds. The van der Waals surface area contributed by atoms with Crippen LogP contribution in [0.2, 0.25) is 0 Å². The topological polar surface area (TPSA) is 112 Å². The third-order valence-corrected chi connectivity index (χ3v) is 9.42. The van der Waals surface area contributed by atoms with E-state index in [1.807, 2.05) is 0 Å². The van der Waals surface area contributed by atoms with Gasteiger partial charge in [-0.2, -0.15) is 0 Å². The van der Waals surface area contributed by atoms with Gasteiger partial charge in [-0.25, -0.2) is 0 Å². The normalized spacial score (nSPS) is 13.2. The molecule has 0 aromatic rings. The molecule has 0 heterocycles. The number of hydrogen-bond donors (Lipinski definition) is 3. The molecule has 0 aromatic carbocycles. The maximum absolute atomic E-state index is 13.2. The van der Waals surface area contributed by atoms with E-state index in [1.165, 1.54) is 116 Å². The maximum Gasteiger partial charge on any atom is 0.210 e. The molecule has 0 spiro atoms. The van der Waals surface area contributed by atoms with Gasteiger partial charge in [0.1, 0.15) is 12.2 Å². The second-order valence-electron chi connectivity index (χ2n) is 13.7. The zero-order valence-electron chi connectivity index (χ0n) is 29.9. The average molecular weight is 639 g/mol. The van der Waals surface area contributed by atoms with E-state index in [-0.39, 0.29) is 19.3 Å². The predicted molar refractivity (Wildman–Crippen MR) is 188 cm³/mol. The highest BCUT2D eigenvalue weighted by Gasteiger charge is 2.52. The highest BCUT2D eigenvalue weighted by atomic mass is 16.4. The Balaban J connectivity index is 4.54. The summed E-state index contributed by atoms with van der Waals surface area (Å²) in [4.78, 5) is 38.7. The molecule has 45 heavy (non-hydrogen) atoms. The lowest BCUT2D eigenvalue weighted by molar-refractivity contribution is -0.174. The number of hydrogen-bond acceptors (Lipinski definition) is 6. The highest BCUT2D eigenvalue weighted by Crippen LogP contribution is 2.25. The standard InChI is InChI=1S/C39H74O6/c1-4-7-9-11-13-15-17-19-21-23-25-27-29-32-35(41)39(45,38(44)37(43)34(40)31-6-3)36(42)33-30-28-26-24-22-20-18-16-14-12-10-8-5-2/h37-38,43-45H,4-33H2,1-3H3. The first-order valence-electron chi connectivity index (χ1n) is 19.4. The molecule has 0 rings (SSSR count). The largest absolute Gasteiger partial charge is 0.386 e. The molecule has 2 unspecified atom stereocenters. The van der Waals surface area contributed by atoms with Gasteiger partial charge in [-0.1, -0.05) is 175 Å². The third-order valence-electron chi connectivity index (χ3n) is 9.42. The molecule has 6 heteroatoms. The number of carbonyl (C=O) groups is 3.